The lowest BCUT2D eigenvalue weighted by atomic mass is 9.71. The molecule has 6 nitrogen and oxygen atoms in total. The van der Waals surface area contributed by atoms with Gasteiger partial charge in [0.15, 0.2) is 0 Å². The van der Waals surface area contributed by atoms with E-state index in [-0.39, 0.29) is 23.6 Å². The van der Waals surface area contributed by atoms with Crippen molar-refractivity contribution in [2.24, 2.45) is 0 Å². The maximum Gasteiger partial charge on any atom is 0.262 e. The zero-order chi connectivity index (χ0) is 54.7. The van der Waals surface area contributed by atoms with Crippen LogP contribution in [0.2, 0.25) is 0 Å². The molecule has 0 spiro atoms. The lowest BCUT2D eigenvalue weighted by Gasteiger charge is -2.38. The van der Waals surface area contributed by atoms with Crippen molar-refractivity contribution >= 4 is 55.9 Å². The van der Waals surface area contributed by atoms with E-state index < -0.39 is 0 Å². The maximum absolute atomic E-state index is 16.4. The zero-order valence-electron chi connectivity index (χ0n) is 50.4. The molecular weight excluding hydrogens is 933 g/mol. The molecule has 6 heteroatoms. The van der Waals surface area contributed by atoms with Gasteiger partial charge in [-0.1, -0.05) is 185 Å². The largest absolute Gasteiger partial charge is 0.274 e. The van der Waals surface area contributed by atoms with Gasteiger partial charge in [-0.05, 0) is 182 Å². The Labute approximate surface area is 463 Å². The smallest absolute Gasteiger partial charge is 0.262 e. The molecular formula is C70H106N2O4. The molecule has 6 rings (SSSR count). The van der Waals surface area contributed by atoms with Crippen molar-refractivity contribution in [3.05, 3.63) is 66.8 Å². The van der Waals surface area contributed by atoms with Crippen LogP contribution in [0.3, 0.4) is 0 Å². The number of rotatable bonds is 38. The van der Waals surface area contributed by atoms with Crippen molar-refractivity contribution in [1.82, 2.24) is 9.80 Å². The van der Waals surface area contributed by atoms with Gasteiger partial charge in [-0.25, -0.2) is 0 Å². The number of hydrogen-bond donors (Lipinski definition) is 0. The van der Waals surface area contributed by atoms with Crippen LogP contribution < -0.4 is 0 Å². The van der Waals surface area contributed by atoms with E-state index >= 15 is 19.2 Å². The molecule has 4 aromatic rings. The Hall–Kier alpha value is -4.06. The van der Waals surface area contributed by atoms with E-state index in [1.807, 2.05) is 0 Å². The van der Waals surface area contributed by atoms with Crippen LogP contribution in [-0.2, 0) is 51.4 Å². The zero-order valence-corrected chi connectivity index (χ0v) is 50.4. The highest BCUT2D eigenvalue weighted by Gasteiger charge is 2.46. The van der Waals surface area contributed by atoms with Gasteiger partial charge in [0.05, 0.1) is 22.3 Å². The number of hydrogen-bond acceptors (Lipinski definition) is 4. The topological polar surface area (TPSA) is 74.8 Å². The van der Waals surface area contributed by atoms with Crippen molar-refractivity contribution in [3.8, 4) is 0 Å². The second-order valence-electron chi connectivity index (χ2n) is 23.5. The summed E-state index contributed by atoms with van der Waals surface area (Å²) in [6, 6.07) is 0. The van der Waals surface area contributed by atoms with Crippen LogP contribution >= 0.6 is 0 Å². The second-order valence-corrected chi connectivity index (χ2v) is 23.5. The van der Waals surface area contributed by atoms with Crippen LogP contribution in [0, 0.1) is 0 Å². The number of aryl methyl sites for hydroxylation is 4. The van der Waals surface area contributed by atoms with Crippen molar-refractivity contribution in [2.75, 3.05) is 13.1 Å². The van der Waals surface area contributed by atoms with Crippen LogP contribution in [0.5, 0.6) is 0 Å². The van der Waals surface area contributed by atoms with Crippen LogP contribution in [0.1, 0.15) is 335 Å². The van der Waals surface area contributed by atoms with Crippen molar-refractivity contribution in [2.45, 2.75) is 300 Å². The van der Waals surface area contributed by atoms with E-state index in [9.17, 15) is 0 Å². The minimum Gasteiger partial charge on any atom is -0.274 e. The summed E-state index contributed by atoms with van der Waals surface area (Å²) < 4.78 is 0. The highest BCUT2D eigenvalue weighted by atomic mass is 16.2. The third-order valence-corrected chi connectivity index (χ3v) is 17.7. The molecule has 4 amide bonds. The van der Waals surface area contributed by atoms with Crippen LogP contribution in [0.25, 0.3) is 32.3 Å². The molecule has 0 aromatic heterocycles. The summed E-state index contributed by atoms with van der Waals surface area (Å²) >= 11 is 0. The van der Waals surface area contributed by atoms with Crippen molar-refractivity contribution in [3.63, 3.8) is 0 Å². The van der Waals surface area contributed by atoms with Gasteiger partial charge in [0.1, 0.15) is 0 Å². The van der Waals surface area contributed by atoms with E-state index in [1.165, 1.54) is 57.3 Å². The number of carbonyl (C=O) groups excluding carboxylic acids is 4. The van der Waals surface area contributed by atoms with Gasteiger partial charge >= 0.3 is 0 Å². The minimum atomic E-state index is -0.212. The number of benzene rings is 4. The summed E-state index contributed by atoms with van der Waals surface area (Å²) in [5, 5.41) is 5.03. The molecule has 420 valence electrons. The number of unbranched alkanes of at least 4 members (excludes halogenated alkanes) is 18. The number of amides is 4. The molecule has 76 heavy (non-hydrogen) atoms. The Morgan fingerprint density at radius 1 is 0.211 bits per heavy atom. The van der Waals surface area contributed by atoms with Gasteiger partial charge in [-0.2, -0.15) is 0 Å². The van der Waals surface area contributed by atoms with Gasteiger partial charge in [0.2, 0.25) is 0 Å². The molecule has 2 heterocycles. The first kappa shape index (κ1) is 61.2. The number of fused-ring (bicyclic) bond motifs is 6. The molecule has 0 fully saturated rings. The van der Waals surface area contributed by atoms with Gasteiger partial charge in [-0.15, -0.1) is 0 Å². The van der Waals surface area contributed by atoms with Crippen molar-refractivity contribution < 1.29 is 19.2 Å². The first-order valence-corrected chi connectivity index (χ1v) is 32.5. The Balaban J connectivity index is 2.01. The van der Waals surface area contributed by atoms with E-state index in [0.29, 0.717) is 46.1 Å². The Morgan fingerprint density at radius 2 is 0.395 bits per heavy atom. The Morgan fingerprint density at radius 3 is 0.605 bits per heavy atom. The molecule has 0 saturated carbocycles. The van der Waals surface area contributed by atoms with E-state index in [4.69, 9.17) is 0 Å². The molecule has 0 bridgehead atoms. The average Bonchev–Trinajstić information content (AvgIpc) is 3.45. The van der Waals surface area contributed by atoms with Crippen molar-refractivity contribution in [1.29, 1.82) is 0 Å². The summed E-state index contributed by atoms with van der Waals surface area (Å²) in [5.41, 5.74) is 13.0. The monoisotopic (exact) mass is 1040 g/mol. The third-order valence-electron chi connectivity index (χ3n) is 17.7. The van der Waals surface area contributed by atoms with Crippen LogP contribution in [-0.4, -0.2) is 46.5 Å². The minimum absolute atomic E-state index is 0.212. The molecule has 4 aromatic carbocycles. The third kappa shape index (κ3) is 13.0. The Bertz CT molecular complexity index is 2280. The molecule has 2 aliphatic heterocycles. The summed E-state index contributed by atoms with van der Waals surface area (Å²) in [6.45, 7) is 23.4. The highest BCUT2D eigenvalue weighted by molar-refractivity contribution is 6.44. The molecule has 2 aliphatic rings. The van der Waals surface area contributed by atoms with E-state index in [1.54, 1.807) is 9.80 Å². The molecule has 0 unspecified atom stereocenters. The standard InChI is InChI=1S/C70H106N2O4/c1-11-21-31-33-35-37-47-71-67(73)63-57-53(43-27-17-7)49(39-23-13-3)51(41-25-15-5)55(45-29-19-9)59(57)65-62-61(63)64(68(71)74)58-54(44-28-18-8)50(40-24-14-4)52(42-26-16-6)56(46-30-20-10)60(58)66(62)70(76)72(69(65)75)48-38-36-34-32-22-12-2/h11-48H2,1-10H3. The summed E-state index contributed by atoms with van der Waals surface area (Å²) in [6.07, 6.45) is 35.9. The fourth-order valence-electron chi connectivity index (χ4n) is 13.5. The second kappa shape index (κ2) is 30.9. The normalized spacial score (nSPS) is 13.6. The predicted molar refractivity (Wildman–Crippen MR) is 325 cm³/mol. The molecule has 0 N–H and O–H groups in total. The first-order chi connectivity index (χ1) is 37.1. The quantitative estimate of drug-likeness (QED) is 0.0255. The molecule has 0 radical (unpaired) electrons. The van der Waals surface area contributed by atoms with Crippen LogP contribution in [0.15, 0.2) is 0 Å². The Kier molecular flexibility index (Phi) is 24.9. The number of imide groups is 2. The summed E-state index contributed by atoms with van der Waals surface area (Å²) in [4.78, 5) is 69.1. The van der Waals surface area contributed by atoms with E-state index in [2.05, 4.69) is 69.2 Å². The summed E-state index contributed by atoms with van der Waals surface area (Å²) in [7, 11) is 0. The van der Waals surface area contributed by atoms with E-state index in [0.717, 1.165) is 240 Å². The van der Waals surface area contributed by atoms with Gasteiger partial charge in [-0.3, -0.25) is 29.0 Å². The molecule has 0 saturated heterocycles. The number of nitrogens with zero attached hydrogens (tertiary/aromatic N) is 2. The average molecular weight is 1040 g/mol. The predicted octanol–water partition coefficient (Wildman–Crippen LogP) is 19.8. The fourth-order valence-corrected chi connectivity index (χ4v) is 13.5. The van der Waals surface area contributed by atoms with Gasteiger partial charge in [0.25, 0.3) is 23.6 Å². The molecule has 0 aliphatic carbocycles. The number of carbonyl (C=O) groups is 4. The fraction of sp³-hybridized carbons (Fsp3) is 0.686. The lowest BCUT2D eigenvalue weighted by molar-refractivity contribution is 0.0589. The summed E-state index contributed by atoms with van der Waals surface area (Å²) in [5.74, 6) is -0.847. The lowest BCUT2D eigenvalue weighted by Crippen LogP contribution is -2.44. The maximum atomic E-state index is 16.4. The van der Waals surface area contributed by atoms with Gasteiger partial charge < -0.3 is 0 Å². The molecule has 0 atom stereocenters. The SMILES string of the molecule is CCCCCCCCN1C(=O)c2c3c(CCCC)c(CCCC)c(CCCC)c(CCCC)c3c3c4c(c5c(CCCC)c(CCCC)c(CCCC)c(CCCC)c5c(c24)C1=O)C(=O)N(CCCCCCCC)C3=O. The first-order valence-electron chi connectivity index (χ1n) is 32.5. The van der Waals surface area contributed by atoms with Crippen LogP contribution in [0.4, 0.5) is 0 Å². The highest BCUT2D eigenvalue weighted by Crippen LogP contribution is 2.53. The van der Waals surface area contributed by atoms with Gasteiger partial charge in [0, 0.05) is 23.9 Å².